The Morgan fingerprint density at radius 1 is 1.24 bits per heavy atom. The van der Waals surface area contributed by atoms with E-state index in [1.165, 1.54) is 0 Å². The van der Waals surface area contributed by atoms with E-state index in [-0.39, 0.29) is 10.8 Å². The first-order valence-electron chi connectivity index (χ1n) is 7.07. The van der Waals surface area contributed by atoms with Crippen molar-refractivity contribution in [3.63, 3.8) is 0 Å². The molecule has 1 aliphatic rings. The smallest absolute Gasteiger partial charge is 0.185 e. The quantitative estimate of drug-likeness (QED) is 0.884. The Morgan fingerprint density at radius 2 is 1.90 bits per heavy atom. The molecule has 0 spiro atoms. The van der Waals surface area contributed by atoms with Gasteiger partial charge in [0.15, 0.2) is 5.82 Å². The monoisotopic (exact) mass is 305 g/mol. The first kappa shape index (κ1) is 14.3. The highest BCUT2D eigenvalue weighted by atomic mass is 35.5. The molecule has 1 aromatic carbocycles. The van der Waals surface area contributed by atoms with Crippen LogP contribution in [0.15, 0.2) is 18.2 Å². The molecular weight excluding hydrogens is 286 g/mol. The molecule has 1 heterocycles. The Morgan fingerprint density at radius 3 is 2.48 bits per heavy atom. The van der Waals surface area contributed by atoms with Gasteiger partial charge in [-0.15, -0.1) is 5.10 Å². The van der Waals surface area contributed by atoms with Crippen LogP contribution in [0.5, 0.6) is 0 Å². The van der Waals surface area contributed by atoms with E-state index in [9.17, 15) is 0 Å². The lowest BCUT2D eigenvalue weighted by molar-refractivity contribution is 0.457. The Kier molecular flexibility index (Phi) is 3.03. The number of nitrogens with zero attached hydrogens (tertiary/aromatic N) is 4. The van der Waals surface area contributed by atoms with Crippen molar-refractivity contribution in [3.05, 3.63) is 23.2 Å². The van der Waals surface area contributed by atoms with Gasteiger partial charge in [0.2, 0.25) is 0 Å². The van der Waals surface area contributed by atoms with Crippen molar-refractivity contribution in [1.82, 2.24) is 20.2 Å². The second-order valence-corrected chi connectivity index (χ2v) is 7.29. The molecule has 6 heteroatoms. The lowest BCUT2D eigenvalue weighted by Crippen LogP contribution is -2.09. The van der Waals surface area contributed by atoms with E-state index < -0.39 is 0 Å². The van der Waals surface area contributed by atoms with Gasteiger partial charge in [0.05, 0.1) is 10.6 Å². The Labute approximate surface area is 129 Å². The van der Waals surface area contributed by atoms with Crippen molar-refractivity contribution in [1.29, 1.82) is 0 Å². The average Bonchev–Trinajstić information content (AvgIpc) is 2.74. The molecule has 0 saturated heterocycles. The third-order valence-corrected chi connectivity index (χ3v) is 5.79. The summed E-state index contributed by atoms with van der Waals surface area (Å²) in [5.41, 5.74) is 7.90. The van der Waals surface area contributed by atoms with E-state index in [0.717, 1.165) is 6.54 Å². The number of tetrazole rings is 1. The third-order valence-electron chi connectivity index (χ3n) is 5.48. The minimum absolute atomic E-state index is 0.280. The molecule has 0 amide bonds. The van der Waals surface area contributed by atoms with E-state index in [1.807, 2.05) is 16.8 Å². The Hall–Kier alpha value is -1.62. The molecular formula is C15H20ClN5. The summed E-state index contributed by atoms with van der Waals surface area (Å²) in [6.45, 7) is 9.90. The molecule has 0 bridgehead atoms. The summed E-state index contributed by atoms with van der Waals surface area (Å²) in [6, 6.07) is 5.44. The lowest BCUT2D eigenvalue weighted by Gasteiger charge is -2.09. The van der Waals surface area contributed by atoms with Crippen LogP contribution in [0.3, 0.4) is 0 Å². The van der Waals surface area contributed by atoms with Gasteiger partial charge in [-0.05, 0) is 39.3 Å². The average molecular weight is 306 g/mol. The van der Waals surface area contributed by atoms with E-state index in [4.69, 9.17) is 17.3 Å². The molecule has 1 aromatic heterocycles. The van der Waals surface area contributed by atoms with Crippen LogP contribution in [0.4, 0.5) is 5.69 Å². The number of nitrogen functional groups attached to an aromatic ring is 1. The summed E-state index contributed by atoms with van der Waals surface area (Å²) in [4.78, 5) is 0. The maximum absolute atomic E-state index is 6.27. The zero-order valence-corrected chi connectivity index (χ0v) is 13.5. The summed E-state index contributed by atoms with van der Waals surface area (Å²) >= 11 is 6.27. The van der Waals surface area contributed by atoms with Gasteiger partial charge in [-0.2, -0.15) is 0 Å². The summed E-state index contributed by atoms with van der Waals surface area (Å²) < 4.78 is 1.82. The van der Waals surface area contributed by atoms with E-state index >= 15 is 0 Å². The molecule has 5 nitrogen and oxygen atoms in total. The maximum atomic E-state index is 6.27. The van der Waals surface area contributed by atoms with Crippen molar-refractivity contribution in [2.45, 2.75) is 34.2 Å². The van der Waals surface area contributed by atoms with Crippen LogP contribution in [0.2, 0.25) is 5.02 Å². The minimum Gasteiger partial charge on any atom is -0.398 e. The predicted molar refractivity (Wildman–Crippen MR) is 83.7 cm³/mol. The molecule has 0 radical (unpaired) electrons. The van der Waals surface area contributed by atoms with Crippen molar-refractivity contribution < 1.29 is 0 Å². The molecule has 0 unspecified atom stereocenters. The first-order chi connectivity index (χ1) is 9.76. The van der Waals surface area contributed by atoms with Gasteiger partial charge in [-0.3, -0.25) is 0 Å². The molecule has 112 valence electrons. The van der Waals surface area contributed by atoms with E-state index in [2.05, 4.69) is 43.2 Å². The number of hydrogen-bond acceptors (Lipinski definition) is 4. The number of anilines is 1. The van der Waals surface area contributed by atoms with Crippen LogP contribution in [0, 0.1) is 16.7 Å². The number of aromatic nitrogens is 4. The molecule has 2 aromatic rings. The zero-order valence-electron chi connectivity index (χ0n) is 12.8. The van der Waals surface area contributed by atoms with E-state index in [0.29, 0.717) is 28.0 Å². The van der Waals surface area contributed by atoms with Crippen molar-refractivity contribution in [3.8, 4) is 11.4 Å². The van der Waals surface area contributed by atoms with Crippen LogP contribution in [-0.4, -0.2) is 20.2 Å². The number of benzene rings is 1. The van der Waals surface area contributed by atoms with Crippen LogP contribution < -0.4 is 5.73 Å². The summed E-state index contributed by atoms with van der Waals surface area (Å²) in [7, 11) is 0. The molecule has 3 rings (SSSR count). The Bertz CT molecular complexity index is 655. The fourth-order valence-electron chi connectivity index (χ4n) is 3.25. The van der Waals surface area contributed by atoms with Gasteiger partial charge in [-0.25, -0.2) is 4.68 Å². The molecule has 0 atom stereocenters. The van der Waals surface area contributed by atoms with Crippen molar-refractivity contribution >= 4 is 17.3 Å². The minimum atomic E-state index is 0.280. The van der Waals surface area contributed by atoms with Gasteiger partial charge in [-0.1, -0.05) is 45.4 Å². The third kappa shape index (κ3) is 2.02. The second-order valence-electron chi connectivity index (χ2n) is 6.88. The fraction of sp³-hybridized carbons (Fsp3) is 0.533. The number of hydrogen-bond donors (Lipinski definition) is 1. The van der Waals surface area contributed by atoms with Gasteiger partial charge in [0.1, 0.15) is 0 Å². The zero-order chi connectivity index (χ0) is 15.4. The van der Waals surface area contributed by atoms with Crippen molar-refractivity contribution in [2.75, 3.05) is 5.73 Å². The van der Waals surface area contributed by atoms with Gasteiger partial charge < -0.3 is 5.73 Å². The van der Waals surface area contributed by atoms with E-state index in [1.54, 1.807) is 6.07 Å². The predicted octanol–water partition coefficient (Wildman–Crippen LogP) is 3.26. The van der Waals surface area contributed by atoms with Crippen LogP contribution in [0.25, 0.3) is 11.4 Å². The number of nitrogens with two attached hydrogens (primary N) is 1. The molecule has 1 aliphatic carbocycles. The largest absolute Gasteiger partial charge is 0.398 e. The van der Waals surface area contributed by atoms with Crippen LogP contribution in [0.1, 0.15) is 27.7 Å². The number of rotatable bonds is 3. The summed E-state index contributed by atoms with van der Waals surface area (Å²) in [5, 5.41) is 12.6. The highest BCUT2D eigenvalue weighted by Crippen LogP contribution is 2.68. The highest BCUT2D eigenvalue weighted by Gasteiger charge is 2.64. The molecule has 0 aliphatic heterocycles. The van der Waals surface area contributed by atoms with Crippen molar-refractivity contribution in [2.24, 2.45) is 16.7 Å². The molecule has 21 heavy (non-hydrogen) atoms. The molecule has 1 fully saturated rings. The maximum Gasteiger partial charge on any atom is 0.185 e. The SMILES string of the molecule is CC1(C)C(Cn2nnnc2-c2c(N)cccc2Cl)C1(C)C. The second kappa shape index (κ2) is 4.44. The van der Waals surface area contributed by atoms with Crippen LogP contribution in [-0.2, 0) is 6.54 Å². The van der Waals surface area contributed by atoms with Gasteiger partial charge in [0.25, 0.3) is 0 Å². The lowest BCUT2D eigenvalue weighted by atomic mass is 10.0. The number of halogens is 1. The first-order valence-corrected chi connectivity index (χ1v) is 7.45. The molecule has 1 saturated carbocycles. The summed E-state index contributed by atoms with van der Waals surface area (Å²) in [6.07, 6.45) is 0. The highest BCUT2D eigenvalue weighted by molar-refractivity contribution is 6.33. The topological polar surface area (TPSA) is 69.6 Å². The molecule has 2 N–H and O–H groups in total. The van der Waals surface area contributed by atoms with Crippen LogP contribution >= 0.6 is 11.6 Å². The van der Waals surface area contributed by atoms with Gasteiger partial charge >= 0.3 is 0 Å². The summed E-state index contributed by atoms with van der Waals surface area (Å²) in [5.74, 6) is 1.16. The Balaban J connectivity index is 1.97. The van der Waals surface area contributed by atoms with Gasteiger partial charge in [0, 0.05) is 12.2 Å². The normalized spacial score (nSPS) is 19.7. The standard InChI is InChI=1S/C15H20ClN5/c1-14(2)11(15(14,3)4)8-21-13(18-19-20-21)12-9(16)6-5-7-10(12)17/h5-7,11H,8,17H2,1-4H3. The fourth-order valence-corrected chi connectivity index (χ4v) is 3.51.